The molecule has 76 valence electrons. The molecule has 2 heteroatoms. The average molecular weight is 192 g/mol. The molecule has 1 N–H and O–H groups in total. The van der Waals surface area contributed by atoms with Crippen molar-refractivity contribution in [3.8, 4) is 0 Å². The number of aliphatic hydroxyl groups excluding tert-OH is 1. The highest BCUT2D eigenvalue weighted by atomic mass is 16.5. The van der Waals surface area contributed by atoms with E-state index in [0.717, 1.165) is 12.8 Å². The van der Waals surface area contributed by atoms with E-state index in [1.807, 2.05) is 6.08 Å². The minimum Gasteiger partial charge on any atom is -0.392 e. The van der Waals surface area contributed by atoms with Gasteiger partial charge in [-0.25, -0.2) is 0 Å². The summed E-state index contributed by atoms with van der Waals surface area (Å²) in [6.07, 6.45) is 9.95. The number of aliphatic hydroxyl groups is 1. The summed E-state index contributed by atoms with van der Waals surface area (Å²) >= 11 is 0. The number of hydrogen-bond acceptors (Lipinski definition) is 2. The molecule has 0 radical (unpaired) electrons. The average Bonchev–Trinajstić information content (AvgIpc) is 2.55. The minimum atomic E-state index is -0.205. The normalized spacial score (nSPS) is 45.6. The lowest BCUT2D eigenvalue weighted by molar-refractivity contribution is 0.0310. The third kappa shape index (κ3) is 1.11. The maximum atomic E-state index is 10.1. The molecule has 4 unspecified atom stereocenters. The van der Waals surface area contributed by atoms with Crippen LogP contribution in [-0.4, -0.2) is 23.9 Å². The second kappa shape index (κ2) is 3.21. The van der Waals surface area contributed by atoms with Gasteiger partial charge < -0.3 is 9.84 Å². The lowest BCUT2D eigenvalue weighted by Crippen LogP contribution is -2.27. The van der Waals surface area contributed by atoms with E-state index in [1.165, 1.54) is 12.0 Å². The number of allylic oxidation sites excluding steroid dienone is 1. The maximum Gasteiger partial charge on any atom is 0.0880 e. The molecule has 0 spiro atoms. The van der Waals surface area contributed by atoms with Crippen LogP contribution >= 0.6 is 0 Å². The van der Waals surface area contributed by atoms with Crippen molar-refractivity contribution in [1.29, 1.82) is 0 Å². The molecule has 0 saturated heterocycles. The zero-order chi connectivity index (χ0) is 9.54. The van der Waals surface area contributed by atoms with Gasteiger partial charge in [0.1, 0.15) is 0 Å². The van der Waals surface area contributed by atoms with E-state index in [0.29, 0.717) is 12.5 Å². The summed E-state index contributed by atoms with van der Waals surface area (Å²) in [5.74, 6) is 0.597. The topological polar surface area (TPSA) is 29.5 Å². The van der Waals surface area contributed by atoms with Crippen molar-refractivity contribution in [3.63, 3.8) is 0 Å². The number of hydrogen-bond donors (Lipinski definition) is 1. The second-order valence-corrected chi connectivity index (χ2v) is 4.49. The summed E-state index contributed by atoms with van der Waals surface area (Å²) in [5, 5.41) is 10.1. The van der Waals surface area contributed by atoms with Gasteiger partial charge in [-0.05, 0) is 24.8 Å². The SMILES string of the molecule is OC1C2CCCC=C2C2OCC=CC21. The first-order valence-electron chi connectivity index (χ1n) is 5.54. The Kier molecular flexibility index (Phi) is 1.99. The van der Waals surface area contributed by atoms with Crippen LogP contribution in [0.5, 0.6) is 0 Å². The monoisotopic (exact) mass is 192 g/mol. The standard InChI is InChI=1S/C12H16O2/c13-11-8-4-1-2-5-9(8)12-10(11)6-3-7-14-12/h3,5-6,8,10-13H,1-2,4,7H2. The fourth-order valence-corrected chi connectivity index (χ4v) is 3.08. The van der Waals surface area contributed by atoms with Gasteiger partial charge in [-0.2, -0.15) is 0 Å². The van der Waals surface area contributed by atoms with E-state index in [9.17, 15) is 5.11 Å². The highest BCUT2D eigenvalue weighted by Crippen LogP contribution is 2.45. The van der Waals surface area contributed by atoms with E-state index in [2.05, 4.69) is 12.2 Å². The molecular formula is C12H16O2. The second-order valence-electron chi connectivity index (χ2n) is 4.49. The Morgan fingerprint density at radius 1 is 1.43 bits per heavy atom. The first-order valence-corrected chi connectivity index (χ1v) is 5.54. The Labute approximate surface area is 84.3 Å². The fourth-order valence-electron chi connectivity index (χ4n) is 3.08. The highest BCUT2D eigenvalue weighted by molar-refractivity contribution is 5.28. The van der Waals surface area contributed by atoms with Crippen LogP contribution in [-0.2, 0) is 4.74 Å². The molecule has 3 aliphatic rings. The van der Waals surface area contributed by atoms with Crippen LogP contribution < -0.4 is 0 Å². The molecule has 1 aliphatic heterocycles. The predicted molar refractivity (Wildman–Crippen MR) is 53.8 cm³/mol. The third-order valence-electron chi connectivity index (χ3n) is 3.74. The van der Waals surface area contributed by atoms with Crippen molar-refractivity contribution < 1.29 is 9.84 Å². The number of ether oxygens (including phenoxy) is 1. The Morgan fingerprint density at radius 2 is 2.36 bits per heavy atom. The predicted octanol–water partition coefficient (Wildman–Crippen LogP) is 1.66. The van der Waals surface area contributed by atoms with Gasteiger partial charge in [0.2, 0.25) is 0 Å². The van der Waals surface area contributed by atoms with Crippen molar-refractivity contribution in [2.24, 2.45) is 11.8 Å². The van der Waals surface area contributed by atoms with E-state index in [4.69, 9.17) is 4.74 Å². The first kappa shape index (κ1) is 8.69. The summed E-state index contributed by atoms with van der Waals surface area (Å²) in [5.41, 5.74) is 1.37. The smallest absolute Gasteiger partial charge is 0.0880 e. The summed E-state index contributed by atoms with van der Waals surface area (Å²) < 4.78 is 5.73. The van der Waals surface area contributed by atoms with Crippen molar-refractivity contribution in [1.82, 2.24) is 0 Å². The summed E-state index contributed by atoms with van der Waals surface area (Å²) in [6, 6.07) is 0. The fraction of sp³-hybridized carbons (Fsp3) is 0.667. The molecule has 2 aliphatic carbocycles. The van der Waals surface area contributed by atoms with Crippen LogP contribution in [0.1, 0.15) is 19.3 Å². The summed E-state index contributed by atoms with van der Waals surface area (Å²) in [6.45, 7) is 0.706. The quantitative estimate of drug-likeness (QED) is 0.591. The number of rotatable bonds is 0. The summed E-state index contributed by atoms with van der Waals surface area (Å²) in [7, 11) is 0. The lowest BCUT2D eigenvalue weighted by atomic mass is 9.88. The van der Waals surface area contributed by atoms with Gasteiger partial charge in [-0.3, -0.25) is 0 Å². The first-order chi connectivity index (χ1) is 6.88. The Morgan fingerprint density at radius 3 is 3.29 bits per heavy atom. The molecule has 4 atom stereocenters. The summed E-state index contributed by atoms with van der Waals surface area (Å²) in [4.78, 5) is 0. The molecule has 0 aromatic rings. The van der Waals surface area contributed by atoms with Crippen molar-refractivity contribution in [2.45, 2.75) is 31.5 Å². The molecule has 0 bridgehead atoms. The highest BCUT2D eigenvalue weighted by Gasteiger charge is 2.46. The Balaban J connectivity index is 1.97. The minimum absolute atomic E-state index is 0.181. The van der Waals surface area contributed by atoms with Crippen molar-refractivity contribution in [2.75, 3.05) is 6.61 Å². The molecule has 0 aromatic carbocycles. The largest absolute Gasteiger partial charge is 0.392 e. The van der Waals surface area contributed by atoms with Crippen LogP contribution in [0, 0.1) is 11.8 Å². The van der Waals surface area contributed by atoms with Gasteiger partial charge in [0.25, 0.3) is 0 Å². The lowest BCUT2D eigenvalue weighted by Gasteiger charge is -2.23. The molecule has 2 nitrogen and oxygen atoms in total. The van der Waals surface area contributed by atoms with E-state index >= 15 is 0 Å². The van der Waals surface area contributed by atoms with Gasteiger partial charge in [-0.1, -0.05) is 18.2 Å². The van der Waals surface area contributed by atoms with Gasteiger partial charge in [0.05, 0.1) is 18.8 Å². The van der Waals surface area contributed by atoms with Crippen LogP contribution in [0.4, 0.5) is 0 Å². The molecule has 3 rings (SSSR count). The van der Waals surface area contributed by atoms with Gasteiger partial charge in [0.15, 0.2) is 0 Å². The van der Waals surface area contributed by atoms with Crippen LogP contribution in [0.15, 0.2) is 23.8 Å². The van der Waals surface area contributed by atoms with Crippen LogP contribution in [0.3, 0.4) is 0 Å². The zero-order valence-corrected chi connectivity index (χ0v) is 8.23. The van der Waals surface area contributed by atoms with Gasteiger partial charge in [0, 0.05) is 11.8 Å². The van der Waals surface area contributed by atoms with E-state index in [-0.39, 0.29) is 18.1 Å². The van der Waals surface area contributed by atoms with Gasteiger partial charge >= 0.3 is 0 Å². The van der Waals surface area contributed by atoms with Crippen LogP contribution in [0.2, 0.25) is 0 Å². The van der Waals surface area contributed by atoms with Gasteiger partial charge in [-0.15, -0.1) is 0 Å². The molecule has 1 heterocycles. The molecule has 14 heavy (non-hydrogen) atoms. The van der Waals surface area contributed by atoms with E-state index in [1.54, 1.807) is 0 Å². The Hall–Kier alpha value is -0.600. The Bertz CT molecular complexity index is 293. The van der Waals surface area contributed by atoms with Crippen molar-refractivity contribution >= 4 is 0 Å². The number of fused-ring (bicyclic) bond motifs is 3. The maximum absolute atomic E-state index is 10.1. The van der Waals surface area contributed by atoms with Crippen molar-refractivity contribution in [3.05, 3.63) is 23.8 Å². The third-order valence-corrected chi connectivity index (χ3v) is 3.74. The zero-order valence-electron chi connectivity index (χ0n) is 8.23. The molecular weight excluding hydrogens is 176 g/mol. The molecule has 1 saturated carbocycles. The molecule has 0 aromatic heterocycles. The molecule has 1 fully saturated rings. The van der Waals surface area contributed by atoms with Crippen LogP contribution in [0.25, 0.3) is 0 Å². The van der Waals surface area contributed by atoms with E-state index < -0.39 is 0 Å². The molecule has 0 amide bonds.